The van der Waals surface area contributed by atoms with Crippen molar-refractivity contribution in [2.75, 3.05) is 6.79 Å². The van der Waals surface area contributed by atoms with Crippen LogP contribution in [0, 0.1) is 0 Å². The predicted octanol–water partition coefficient (Wildman–Crippen LogP) is 1.44. The summed E-state index contributed by atoms with van der Waals surface area (Å²) in [4.78, 5) is 3.91. The maximum absolute atomic E-state index is 4.99. The van der Waals surface area contributed by atoms with Gasteiger partial charge in [0.05, 0.1) is 0 Å². The van der Waals surface area contributed by atoms with Gasteiger partial charge in [-0.2, -0.15) is 0 Å². The minimum Gasteiger partial charge on any atom is -0.452 e. The summed E-state index contributed by atoms with van der Waals surface area (Å²) in [6, 6.07) is 0. The normalized spacial score (nSPS) is 17.3. The van der Waals surface area contributed by atoms with Gasteiger partial charge in [0.2, 0.25) is 6.79 Å². The molecule has 0 radical (unpaired) electrons. The lowest BCUT2D eigenvalue weighted by Crippen LogP contribution is -1.81. The van der Waals surface area contributed by atoms with Crippen molar-refractivity contribution in [3.05, 3.63) is 24.3 Å². The van der Waals surface area contributed by atoms with Gasteiger partial charge in [-0.15, -0.1) is 0 Å². The van der Waals surface area contributed by atoms with Crippen LogP contribution in [0.25, 0.3) is 0 Å². The highest BCUT2D eigenvalue weighted by atomic mass is 16.7. The zero-order valence-electron chi connectivity index (χ0n) is 5.83. The third kappa shape index (κ3) is 1.18. The molecular weight excluding hydrogens is 130 g/mol. The fraction of sp³-hybridized carbons (Fsp3) is 0.286. The number of nitrogens with zero attached hydrogens (tertiary/aromatic N) is 1. The van der Waals surface area contributed by atoms with E-state index in [0.717, 1.165) is 0 Å². The van der Waals surface area contributed by atoms with Crippen molar-refractivity contribution in [3.63, 3.8) is 0 Å². The summed E-state index contributed by atoms with van der Waals surface area (Å²) in [6.45, 7) is 5.60. The van der Waals surface area contributed by atoms with Crippen LogP contribution in [0.4, 0.5) is 0 Å². The highest BCUT2D eigenvalue weighted by molar-refractivity contribution is 5.55. The molecule has 1 aliphatic rings. The highest BCUT2D eigenvalue weighted by Crippen LogP contribution is 2.17. The van der Waals surface area contributed by atoms with E-state index in [2.05, 4.69) is 11.6 Å². The van der Waals surface area contributed by atoms with Gasteiger partial charge >= 0.3 is 0 Å². The van der Waals surface area contributed by atoms with E-state index in [9.17, 15) is 0 Å². The van der Waals surface area contributed by atoms with Gasteiger partial charge in [-0.25, -0.2) is 4.99 Å². The smallest absolute Gasteiger partial charge is 0.259 e. The lowest BCUT2D eigenvalue weighted by atomic mass is 10.5. The van der Waals surface area contributed by atoms with Gasteiger partial charge in [0.1, 0.15) is 0 Å². The Morgan fingerprint density at radius 3 is 3.00 bits per heavy atom. The predicted molar refractivity (Wildman–Crippen MR) is 38.4 cm³/mol. The van der Waals surface area contributed by atoms with E-state index in [1.165, 1.54) is 0 Å². The number of aliphatic imine (C=N–C) groups is 1. The molecule has 0 saturated carbocycles. The third-order valence-corrected chi connectivity index (χ3v) is 1.05. The highest BCUT2D eigenvalue weighted by Gasteiger charge is 2.11. The minimum absolute atomic E-state index is 0.244. The van der Waals surface area contributed by atoms with Gasteiger partial charge in [0.15, 0.2) is 5.76 Å². The van der Waals surface area contributed by atoms with Gasteiger partial charge in [0, 0.05) is 6.21 Å². The Kier molecular flexibility index (Phi) is 2.10. The molecule has 1 aliphatic heterocycles. The number of ether oxygens (including phenoxy) is 2. The van der Waals surface area contributed by atoms with Crippen LogP contribution < -0.4 is 0 Å². The Hall–Kier alpha value is -1.25. The first-order valence-electron chi connectivity index (χ1n) is 2.99. The molecule has 0 spiro atoms. The zero-order chi connectivity index (χ0) is 7.40. The second-order valence-electron chi connectivity index (χ2n) is 1.67. The molecule has 0 aromatic carbocycles. The fourth-order valence-corrected chi connectivity index (χ4v) is 0.646. The van der Waals surface area contributed by atoms with E-state index in [1.807, 2.05) is 6.92 Å². The van der Waals surface area contributed by atoms with E-state index in [-0.39, 0.29) is 6.79 Å². The van der Waals surface area contributed by atoms with E-state index in [4.69, 9.17) is 9.47 Å². The van der Waals surface area contributed by atoms with Crippen LogP contribution in [0.3, 0.4) is 0 Å². The van der Waals surface area contributed by atoms with Crippen LogP contribution in [-0.4, -0.2) is 13.0 Å². The summed E-state index contributed by atoms with van der Waals surface area (Å²) in [5, 5.41) is 0. The maximum atomic E-state index is 4.99. The van der Waals surface area contributed by atoms with Crippen LogP contribution >= 0.6 is 0 Å². The molecule has 0 amide bonds. The van der Waals surface area contributed by atoms with E-state index >= 15 is 0 Å². The lowest BCUT2D eigenvalue weighted by Gasteiger charge is -1.89. The molecule has 0 saturated heterocycles. The van der Waals surface area contributed by atoms with Crippen molar-refractivity contribution >= 4 is 6.21 Å². The molecule has 3 nitrogen and oxygen atoms in total. The van der Waals surface area contributed by atoms with Gasteiger partial charge in [-0.1, -0.05) is 6.58 Å². The summed E-state index contributed by atoms with van der Waals surface area (Å²) in [5.41, 5.74) is 0. The molecule has 0 N–H and O–H groups in total. The largest absolute Gasteiger partial charge is 0.452 e. The molecule has 0 fully saturated rings. The van der Waals surface area contributed by atoms with Crippen molar-refractivity contribution in [1.29, 1.82) is 0 Å². The van der Waals surface area contributed by atoms with E-state index in [0.29, 0.717) is 11.6 Å². The molecule has 0 aromatic heterocycles. The first-order valence-corrected chi connectivity index (χ1v) is 2.99. The molecule has 54 valence electrons. The second kappa shape index (κ2) is 3.06. The average Bonchev–Trinajstić information content (AvgIpc) is 2.36. The fourth-order valence-electron chi connectivity index (χ4n) is 0.646. The molecule has 0 aliphatic carbocycles. The molecule has 0 aromatic rings. The first kappa shape index (κ1) is 6.86. The Morgan fingerprint density at radius 2 is 2.40 bits per heavy atom. The molecule has 0 unspecified atom stereocenters. The standard InChI is InChI=1S/C7H9NO2/c1-3-6-7(8-4-2)10-5-9-6/h3-4H,1,5H2,2H3/b8-4-. The Balaban J connectivity index is 2.77. The van der Waals surface area contributed by atoms with Gasteiger partial charge in [-0.3, -0.25) is 0 Å². The minimum atomic E-state index is 0.244. The molecule has 3 heteroatoms. The molecule has 0 bridgehead atoms. The molecule has 1 rings (SSSR count). The summed E-state index contributed by atoms with van der Waals surface area (Å²) in [5.74, 6) is 1.12. The van der Waals surface area contributed by atoms with Crippen LogP contribution in [0.1, 0.15) is 6.92 Å². The Bertz CT molecular complexity index is 194. The average molecular weight is 139 g/mol. The van der Waals surface area contributed by atoms with Crippen molar-refractivity contribution < 1.29 is 9.47 Å². The van der Waals surface area contributed by atoms with Gasteiger partial charge in [-0.05, 0) is 13.0 Å². The summed E-state index contributed by atoms with van der Waals surface area (Å²) < 4.78 is 9.98. The van der Waals surface area contributed by atoms with Crippen LogP contribution in [0.2, 0.25) is 0 Å². The van der Waals surface area contributed by atoms with E-state index in [1.54, 1.807) is 12.3 Å². The van der Waals surface area contributed by atoms with E-state index < -0.39 is 0 Å². The number of hydrogen-bond acceptors (Lipinski definition) is 3. The number of allylic oxidation sites excluding steroid dienone is 1. The van der Waals surface area contributed by atoms with Crippen molar-refractivity contribution in [3.8, 4) is 0 Å². The molecule has 1 heterocycles. The lowest BCUT2D eigenvalue weighted by molar-refractivity contribution is 0.0741. The Labute approximate surface area is 59.7 Å². The number of rotatable bonds is 2. The van der Waals surface area contributed by atoms with Gasteiger partial charge < -0.3 is 9.47 Å². The van der Waals surface area contributed by atoms with Crippen molar-refractivity contribution in [2.24, 2.45) is 4.99 Å². The van der Waals surface area contributed by atoms with Crippen LogP contribution in [-0.2, 0) is 9.47 Å². The summed E-state index contributed by atoms with van der Waals surface area (Å²) in [6.07, 6.45) is 3.23. The van der Waals surface area contributed by atoms with Crippen LogP contribution in [0.15, 0.2) is 29.3 Å². The SMILES string of the molecule is C=CC1=C(/N=C\C)OCO1. The summed E-state index contributed by atoms with van der Waals surface area (Å²) in [7, 11) is 0. The zero-order valence-corrected chi connectivity index (χ0v) is 5.83. The molecular formula is C7H9NO2. The molecule has 0 atom stereocenters. The summed E-state index contributed by atoms with van der Waals surface area (Å²) >= 11 is 0. The second-order valence-corrected chi connectivity index (χ2v) is 1.67. The monoisotopic (exact) mass is 139 g/mol. The number of hydrogen-bond donors (Lipinski definition) is 0. The Morgan fingerprint density at radius 1 is 1.60 bits per heavy atom. The van der Waals surface area contributed by atoms with Gasteiger partial charge in [0.25, 0.3) is 5.88 Å². The van der Waals surface area contributed by atoms with Crippen molar-refractivity contribution in [2.45, 2.75) is 6.92 Å². The molecule has 10 heavy (non-hydrogen) atoms. The third-order valence-electron chi connectivity index (χ3n) is 1.05. The van der Waals surface area contributed by atoms with Crippen molar-refractivity contribution in [1.82, 2.24) is 0 Å². The maximum Gasteiger partial charge on any atom is 0.259 e. The van der Waals surface area contributed by atoms with Crippen LogP contribution in [0.5, 0.6) is 0 Å². The first-order chi connectivity index (χ1) is 4.88. The quantitative estimate of drug-likeness (QED) is 0.542. The topological polar surface area (TPSA) is 30.8 Å².